The fourth-order valence-electron chi connectivity index (χ4n) is 1.88. The summed E-state index contributed by atoms with van der Waals surface area (Å²) in [7, 11) is 0. The van der Waals surface area contributed by atoms with E-state index in [2.05, 4.69) is 0 Å². The van der Waals surface area contributed by atoms with Crippen LogP contribution in [0.5, 0.6) is 0 Å². The van der Waals surface area contributed by atoms with Crippen molar-refractivity contribution < 1.29 is 8.78 Å². The Hall–Kier alpha value is -1.45. The van der Waals surface area contributed by atoms with Gasteiger partial charge in [0.2, 0.25) is 6.43 Å². The third-order valence-electron chi connectivity index (χ3n) is 2.88. The van der Waals surface area contributed by atoms with Crippen molar-refractivity contribution in [1.82, 2.24) is 0 Å². The minimum atomic E-state index is -2.37. The Morgan fingerprint density at radius 1 is 0.842 bits per heavy atom. The van der Waals surface area contributed by atoms with Crippen molar-refractivity contribution in [2.24, 2.45) is 5.73 Å². The molecule has 0 amide bonds. The minimum Gasteiger partial charge on any atom is -0.324 e. The summed E-state index contributed by atoms with van der Waals surface area (Å²) in [5.41, 5.74) is 8.61. The summed E-state index contributed by atoms with van der Waals surface area (Å²) in [6, 6.07) is 16.8. The van der Waals surface area contributed by atoms with E-state index in [9.17, 15) is 8.78 Å². The normalized spacial score (nSPS) is 12.0. The lowest BCUT2D eigenvalue weighted by Gasteiger charge is -2.12. The van der Waals surface area contributed by atoms with Crippen LogP contribution in [-0.4, -0.2) is 6.43 Å². The molecule has 2 aromatic rings. The van der Waals surface area contributed by atoms with Crippen LogP contribution in [0.25, 0.3) is 11.1 Å². The number of halogens is 3. The summed E-state index contributed by atoms with van der Waals surface area (Å²) < 4.78 is 24.5. The summed E-state index contributed by atoms with van der Waals surface area (Å²) in [4.78, 5) is 0. The maximum atomic E-state index is 12.2. The van der Waals surface area contributed by atoms with Crippen LogP contribution in [0.4, 0.5) is 8.78 Å². The molecule has 0 spiro atoms. The molecule has 0 bridgehead atoms. The lowest BCUT2D eigenvalue weighted by Crippen LogP contribution is -2.13. The predicted octanol–water partition coefficient (Wildman–Crippen LogP) is 4.43. The zero-order chi connectivity index (χ0) is 13.0. The number of nitrogens with two attached hydrogens (primary N) is 1. The molecule has 0 unspecified atom stereocenters. The van der Waals surface area contributed by atoms with E-state index in [1.165, 1.54) is 0 Å². The van der Waals surface area contributed by atoms with E-state index in [1.54, 1.807) is 0 Å². The topological polar surface area (TPSA) is 26.0 Å². The third-order valence-corrected chi connectivity index (χ3v) is 2.88. The van der Waals surface area contributed by atoms with Gasteiger partial charge in [-0.2, -0.15) is 0 Å². The van der Waals surface area contributed by atoms with Crippen LogP contribution in [0.1, 0.15) is 18.0 Å². The van der Waals surface area contributed by atoms with E-state index in [4.69, 9.17) is 5.73 Å². The van der Waals surface area contributed by atoms with Crippen LogP contribution in [0.2, 0.25) is 0 Å². The molecule has 102 valence electrons. The molecule has 0 fully saturated rings. The van der Waals surface area contributed by atoms with Gasteiger partial charge in [-0.15, -0.1) is 12.4 Å². The highest BCUT2D eigenvalue weighted by molar-refractivity contribution is 5.85. The zero-order valence-corrected chi connectivity index (χ0v) is 11.1. The van der Waals surface area contributed by atoms with Crippen LogP contribution in [0.3, 0.4) is 0 Å². The minimum absolute atomic E-state index is 0. The molecular formula is C15H16ClF2N. The van der Waals surface area contributed by atoms with Crippen molar-refractivity contribution in [2.75, 3.05) is 0 Å². The Labute approximate surface area is 117 Å². The molecule has 0 saturated carbocycles. The molecular weight excluding hydrogens is 268 g/mol. The smallest absolute Gasteiger partial charge is 0.240 e. The fraction of sp³-hybridized carbons (Fsp3) is 0.200. The first kappa shape index (κ1) is 15.6. The van der Waals surface area contributed by atoms with Gasteiger partial charge in [0.1, 0.15) is 0 Å². The monoisotopic (exact) mass is 283 g/mol. The zero-order valence-electron chi connectivity index (χ0n) is 10.3. The molecule has 0 aliphatic carbocycles. The summed E-state index contributed by atoms with van der Waals surface area (Å²) in [5, 5.41) is 0. The number of hydrogen-bond acceptors (Lipinski definition) is 1. The molecule has 0 aromatic heterocycles. The van der Waals surface area contributed by atoms with Crippen molar-refractivity contribution in [1.29, 1.82) is 0 Å². The van der Waals surface area contributed by atoms with Crippen molar-refractivity contribution in [3.63, 3.8) is 0 Å². The van der Waals surface area contributed by atoms with Gasteiger partial charge in [-0.1, -0.05) is 54.6 Å². The van der Waals surface area contributed by atoms with E-state index >= 15 is 0 Å². The van der Waals surface area contributed by atoms with Crippen molar-refractivity contribution in [3.05, 3.63) is 60.2 Å². The molecule has 0 heterocycles. The fourth-order valence-corrected chi connectivity index (χ4v) is 1.88. The van der Waals surface area contributed by atoms with Gasteiger partial charge in [-0.05, 0) is 16.7 Å². The average molecular weight is 284 g/mol. The van der Waals surface area contributed by atoms with Gasteiger partial charge in [0.25, 0.3) is 0 Å². The summed E-state index contributed by atoms with van der Waals surface area (Å²) >= 11 is 0. The number of hydrogen-bond donors (Lipinski definition) is 1. The lowest BCUT2D eigenvalue weighted by atomic mass is 10.00. The quantitative estimate of drug-likeness (QED) is 0.882. The number of alkyl halides is 2. The Kier molecular flexibility index (Phi) is 5.93. The highest BCUT2D eigenvalue weighted by atomic mass is 35.5. The van der Waals surface area contributed by atoms with Crippen LogP contribution < -0.4 is 5.73 Å². The maximum Gasteiger partial charge on any atom is 0.240 e. The van der Waals surface area contributed by atoms with Crippen LogP contribution in [-0.2, 0) is 0 Å². The second-order valence-corrected chi connectivity index (χ2v) is 4.22. The van der Waals surface area contributed by atoms with E-state index in [-0.39, 0.29) is 18.8 Å². The van der Waals surface area contributed by atoms with Gasteiger partial charge in [0.15, 0.2) is 0 Å². The Morgan fingerprint density at radius 2 is 1.37 bits per heavy atom. The SMILES string of the molecule is Cl.N[C@H](CC(F)F)c1ccc(-c2ccccc2)cc1. The van der Waals surface area contributed by atoms with Gasteiger partial charge >= 0.3 is 0 Å². The Morgan fingerprint density at radius 3 is 1.89 bits per heavy atom. The predicted molar refractivity (Wildman–Crippen MR) is 76.7 cm³/mol. The molecule has 0 radical (unpaired) electrons. The molecule has 1 atom stereocenters. The van der Waals surface area contributed by atoms with Crippen molar-refractivity contribution in [2.45, 2.75) is 18.9 Å². The molecule has 2 rings (SSSR count). The Bertz CT molecular complexity index is 485. The van der Waals surface area contributed by atoms with E-state index in [0.29, 0.717) is 0 Å². The van der Waals surface area contributed by atoms with Crippen molar-refractivity contribution >= 4 is 12.4 Å². The van der Waals surface area contributed by atoms with Gasteiger partial charge in [-0.3, -0.25) is 0 Å². The first-order valence-electron chi connectivity index (χ1n) is 5.86. The summed E-state index contributed by atoms with van der Waals surface area (Å²) in [5.74, 6) is 0. The van der Waals surface area contributed by atoms with Gasteiger partial charge in [0.05, 0.1) is 0 Å². The largest absolute Gasteiger partial charge is 0.324 e. The molecule has 0 aliphatic rings. The maximum absolute atomic E-state index is 12.2. The summed E-state index contributed by atoms with van der Waals surface area (Å²) in [6.45, 7) is 0. The Balaban J connectivity index is 0.00000180. The highest BCUT2D eigenvalue weighted by Gasteiger charge is 2.12. The molecule has 4 heteroatoms. The van der Waals surface area contributed by atoms with Crippen molar-refractivity contribution in [3.8, 4) is 11.1 Å². The second kappa shape index (κ2) is 7.22. The average Bonchev–Trinajstić information content (AvgIpc) is 2.39. The summed E-state index contributed by atoms with van der Waals surface area (Å²) in [6.07, 6.45) is -2.67. The molecule has 2 N–H and O–H groups in total. The molecule has 1 nitrogen and oxygen atoms in total. The van der Waals surface area contributed by atoms with E-state index < -0.39 is 12.5 Å². The van der Waals surface area contributed by atoms with Crippen LogP contribution >= 0.6 is 12.4 Å². The first-order valence-corrected chi connectivity index (χ1v) is 5.86. The van der Waals surface area contributed by atoms with Gasteiger partial charge in [-0.25, -0.2) is 8.78 Å². The molecule has 0 aliphatic heterocycles. The second-order valence-electron chi connectivity index (χ2n) is 4.22. The van der Waals surface area contributed by atoms with Crippen LogP contribution in [0, 0.1) is 0 Å². The van der Waals surface area contributed by atoms with Gasteiger partial charge in [0, 0.05) is 12.5 Å². The number of benzene rings is 2. The number of rotatable bonds is 4. The first-order chi connectivity index (χ1) is 8.66. The lowest BCUT2D eigenvalue weighted by molar-refractivity contribution is 0.128. The standard InChI is InChI=1S/C15H15F2N.ClH/c16-15(17)10-14(18)13-8-6-12(7-9-13)11-4-2-1-3-5-11;/h1-9,14-15H,10,18H2;1H/t14-;/m1./s1. The van der Waals surface area contributed by atoms with E-state index in [0.717, 1.165) is 16.7 Å². The molecule has 19 heavy (non-hydrogen) atoms. The van der Waals surface area contributed by atoms with Crippen LogP contribution in [0.15, 0.2) is 54.6 Å². The molecule has 0 saturated heterocycles. The molecule has 2 aromatic carbocycles. The highest BCUT2D eigenvalue weighted by Crippen LogP contribution is 2.23. The third kappa shape index (κ3) is 4.30. The van der Waals surface area contributed by atoms with E-state index in [1.807, 2.05) is 54.6 Å². The van der Waals surface area contributed by atoms with Gasteiger partial charge < -0.3 is 5.73 Å².